The molecule has 0 radical (unpaired) electrons. The van der Waals surface area contributed by atoms with Crippen molar-refractivity contribution < 1.29 is 0 Å². The second-order valence-electron chi connectivity index (χ2n) is 2.75. The second kappa shape index (κ2) is 6.41. The highest BCUT2D eigenvalue weighted by atomic mass is 35.5. The fourth-order valence-corrected chi connectivity index (χ4v) is 1.37. The van der Waals surface area contributed by atoms with E-state index in [0.29, 0.717) is 11.8 Å². The Morgan fingerprint density at radius 1 is 1.36 bits per heavy atom. The SMILES string of the molecule is CSCCNC(C)(CCl)CCl. The Labute approximate surface area is 83.2 Å². The number of alkyl halides is 2. The van der Waals surface area contributed by atoms with E-state index in [1.807, 2.05) is 18.7 Å². The summed E-state index contributed by atoms with van der Waals surface area (Å²) in [6.07, 6.45) is 2.08. The quantitative estimate of drug-likeness (QED) is 0.539. The Morgan fingerprint density at radius 2 is 1.91 bits per heavy atom. The minimum atomic E-state index is -0.0984. The minimum Gasteiger partial charge on any atom is -0.308 e. The molecule has 0 aromatic heterocycles. The van der Waals surface area contributed by atoms with Crippen molar-refractivity contribution in [3.8, 4) is 0 Å². The van der Waals surface area contributed by atoms with Crippen LogP contribution >= 0.6 is 35.0 Å². The van der Waals surface area contributed by atoms with Crippen molar-refractivity contribution in [2.75, 3.05) is 30.3 Å². The lowest BCUT2D eigenvalue weighted by Gasteiger charge is -2.25. The molecule has 0 atom stereocenters. The van der Waals surface area contributed by atoms with Crippen LogP contribution in [0.4, 0.5) is 0 Å². The summed E-state index contributed by atoms with van der Waals surface area (Å²) >= 11 is 13.3. The summed E-state index contributed by atoms with van der Waals surface area (Å²) in [5.41, 5.74) is -0.0984. The topological polar surface area (TPSA) is 12.0 Å². The maximum absolute atomic E-state index is 5.73. The third-order valence-electron chi connectivity index (χ3n) is 1.45. The molecule has 0 aliphatic rings. The first-order valence-corrected chi connectivity index (χ1v) is 6.00. The molecule has 0 spiro atoms. The Morgan fingerprint density at radius 3 is 2.27 bits per heavy atom. The van der Waals surface area contributed by atoms with Crippen LogP contribution in [0.3, 0.4) is 0 Å². The Bertz CT molecular complexity index is 96.4. The van der Waals surface area contributed by atoms with Gasteiger partial charge in [0.2, 0.25) is 0 Å². The van der Waals surface area contributed by atoms with Gasteiger partial charge < -0.3 is 5.32 Å². The molecule has 0 unspecified atom stereocenters. The standard InChI is InChI=1S/C7H15Cl2NS/c1-7(5-8,6-9)10-3-4-11-2/h10H,3-6H2,1-2H3. The van der Waals surface area contributed by atoms with E-state index in [-0.39, 0.29) is 5.54 Å². The first-order chi connectivity index (χ1) is 5.18. The number of halogens is 2. The Kier molecular flexibility index (Phi) is 6.93. The van der Waals surface area contributed by atoms with Gasteiger partial charge in [-0.15, -0.1) is 23.2 Å². The van der Waals surface area contributed by atoms with Crippen molar-refractivity contribution in [1.29, 1.82) is 0 Å². The zero-order valence-electron chi connectivity index (χ0n) is 6.99. The average molecular weight is 216 g/mol. The largest absolute Gasteiger partial charge is 0.308 e. The van der Waals surface area contributed by atoms with Crippen LogP contribution in [0.1, 0.15) is 6.92 Å². The van der Waals surface area contributed by atoms with Crippen LogP contribution in [0.2, 0.25) is 0 Å². The van der Waals surface area contributed by atoms with Gasteiger partial charge in [-0.05, 0) is 13.2 Å². The van der Waals surface area contributed by atoms with Crippen LogP contribution in [0, 0.1) is 0 Å². The molecule has 0 saturated carbocycles. The molecule has 0 heterocycles. The highest BCUT2D eigenvalue weighted by Gasteiger charge is 2.19. The van der Waals surface area contributed by atoms with Gasteiger partial charge in [0.15, 0.2) is 0 Å². The van der Waals surface area contributed by atoms with Crippen LogP contribution in [0.25, 0.3) is 0 Å². The molecular weight excluding hydrogens is 201 g/mol. The maximum atomic E-state index is 5.73. The molecule has 0 aromatic rings. The molecule has 68 valence electrons. The van der Waals surface area contributed by atoms with Crippen molar-refractivity contribution in [1.82, 2.24) is 5.32 Å². The van der Waals surface area contributed by atoms with Crippen molar-refractivity contribution in [3.05, 3.63) is 0 Å². The smallest absolute Gasteiger partial charge is 0.0425 e. The van der Waals surface area contributed by atoms with Crippen LogP contribution in [-0.4, -0.2) is 35.9 Å². The molecule has 0 amide bonds. The predicted molar refractivity (Wildman–Crippen MR) is 56.2 cm³/mol. The molecule has 0 aliphatic heterocycles. The molecular formula is C7H15Cl2NS. The van der Waals surface area contributed by atoms with E-state index in [0.717, 1.165) is 12.3 Å². The maximum Gasteiger partial charge on any atom is 0.0425 e. The van der Waals surface area contributed by atoms with Crippen LogP contribution in [-0.2, 0) is 0 Å². The number of nitrogens with one attached hydrogen (secondary N) is 1. The molecule has 0 saturated heterocycles. The third kappa shape index (κ3) is 5.18. The molecule has 11 heavy (non-hydrogen) atoms. The van der Waals surface area contributed by atoms with E-state index in [1.54, 1.807) is 0 Å². The minimum absolute atomic E-state index is 0.0984. The lowest BCUT2D eigenvalue weighted by molar-refractivity contribution is 0.452. The molecule has 0 rings (SSSR count). The second-order valence-corrected chi connectivity index (χ2v) is 4.27. The number of hydrogen-bond donors (Lipinski definition) is 1. The van der Waals surface area contributed by atoms with Gasteiger partial charge in [-0.1, -0.05) is 0 Å². The molecule has 0 aromatic carbocycles. The van der Waals surface area contributed by atoms with E-state index in [2.05, 4.69) is 11.6 Å². The summed E-state index contributed by atoms with van der Waals surface area (Å²) < 4.78 is 0. The summed E-state index contributed by atoms with van der Waals surface area (Å²) in [6, 6.07) is 0. The number of rotatable bonds is 6. The predicted octanol–water partition coefficient (Wildman–Crippen LogP) is 2.18. The zero-order valence-corrected chi connectivity index (χ0v) is 9.32. The molecule has 0 fully saturated rings. The van der Waals surface area contributed by atoms with Crippen LogP contribution in [0.15, 0.2) is 0 Å². The third-order valence-corrected chi connectivity index (χ3v) is 3.24. The fraction of sp³-hybridized carbons (Fsp3) is 1.00. The lowest BCUT2D eigenvalue weighted by Crippen LogP contribution is -2.46. The summed E-state index contributed by atoms with van der Waals surface area (Å²) in [5, 5.41) is 3.31. The monoisotopic (exact) mass is 215 g/mol. The summed E-state index contributed by atoms with van der Waals surface area (Å²) in [6.45, 7) is 3.00. The van der Waals surface area contributed by atoms with Crippen LogP contribution < -0.4 is 5.32 Å². The van der Waals surface area contributed by atoms with E-state index in [9.17, 15) is 0 Å². The van der Waals surface area contributed by atoms with E-state index >= 15 is 0 Å². The van der Waals surface area contributed by atoms with Gasteiger partial charge in [0.25, 0.3) is 0 Å². The number of thioether (sulfide) groups is 1. The van der Waals surface area contributed by atoms with Gasteiger partial charge in [-0.2, -0.15) is 11.8 Å². The number of hydrogen-bond acceptors (Lipinski definition) is 2. The van der Waals surface area contributed by atoms with Crippen molar-refractivity contribution in [2.45, 2.75) is 12.5 Å². The average Bonchev–Trinajstić information content (AvgIpc) is 2.05. The lowest BCUT2D eigenvalue weighted by atomic mass is 10.1. The van der Waals surface area contributed by atoms with Crippen molar-refractivity contribution >= 4 is 35.0 Å². The zero-order chi connectivity index (χ0) is 8.74. The highest BCUT2D eigenvalue weighted by molar-refractivity contribution is 7.98. The first kappa shape index (κ1) is 11.9. The van der Waals surface area contributed by atoms with Gasteiger partial charge in [0.05, 0.1) is 0 Å². The molecule has 4 heteroatoms. The first-order valence-electron chi connectivity index (χ1n) is 3.54. The van der Waals surface area contributed by atoms with Gasteiger partial charge in [-0.3, -0.25) is 0 Å². The van der Waals surface area contributed by atoms with Gasteiger partial charge in [0.1, 0.15) is 0 Å². The van der Waals surface area contributed by atoms with Crippen molar-refractivity contribution in [3.63, 3.8) is 0 Å². The van der Waals surface area contributed by atoms with Gasteiger partial charge in [-0.25, -0.2) is 0 Å². The van der Waals surface area contributed by atoms with E-state index in [4.69, 9.17) is 23.2 Å². The molecule has 1 nitrogen and oxygen atoms in total. The summed E-state index contributed by atoms with van der Waals surface area (Å²) in [5.74, 6) is 2.22. The van der Waals surface area contributed by atoms with Gasteiger partial charge >= 0.3 is 0 Å². The van der Waals surface area contributed by atoms with Crippen LogP contribution in [0.5, 0.6) is 0 Å². The Balaban J connectivity index is 3.51. The highest BCUT2D eigenvalue weighted by Crippen LogP contribution is 2.08. The molecule has 0 bridgehead atoms. The van der Waals surface area contributed by atoms with Gasteiger partial charge in [0, 0.05) is 29.6 Å². The molecule has 0 aliphatic carbocycles. The fourth-order valence-electron chi connectivity index (χ4n) is 0.585. The summed E-state index contributed by atoms with van der Waals surface area (Å²) in [7, 11) is 0. The normalized spacial score (nSPS) is 12.0. The van der Waals surface area contributed by atoms with Crippen molar-refractivity contribution in [2.24, 2.45) is 0 Å². The van der Waals surface area contributed by atoms with E-state index < -0.39 is 0 Å². The van der Waals surface area contributed by atoms with E-state index in [1.165, 1.54) is 0 Å². The summed E-state index contributed by atoms with van der Waals surface area (Å²) in [4.78, 5) is 0. The molecule has 1 N–H and O–H groups in total. The Hall–Kier alpha value is 0.890.